The predicted octanol–water partition coefficient (Wildman–Crippen LogP) is 3.83. The molecule has 0 spiro atoms. The minimum absolute atomic E-state index is 0.00629. The zero-order valence-corrected chi connectivity index (χ0v) is 22.1. The summed E-state index contributed by atoms with van der Waals surface area (Å²) < 4.78 is 43.5. The Balaban J connectivity index is 1.51. The van der Waals surface area contributed by atoms with Crippen LogP contribution in [0.1, 0.15) is 23.2 Å². The summed E-state index contributed by atoms with van der Waals surface area (Å²) in [5, 5.41) is 6.71. The first-order valence-corrected chi connectivity index (χ1v) is 12.7. The molecule has 1 aliphatic heterocycles. The second-order valence-corrected chi connectivity index (χ2v) is 9.37. The lowest BCUT2D eigenvalue weighted by molar-refractivity contribution is -0.138. The van der Waals surface area contributed by atoms with Gasteiger partial charge in [-0.25, -0.2) is 9.50 Å². The van der Waals surface area contributed by atoms with Gasteiger partial charge in [0.2, 0.25) is 0 Å². The molecule has 1 aromatic carbocycles. The summed E-state index contributed by atoms with van der Waals surface area (Å²) in [7, 11) is 2.00. The summed E-state index contributed by atoms with van der Waals surface area (Å²) in [6, 6.07) is 7.38. The number of allylic oxidation sites excluding steroid dienone is 2. The fourth-order valence-electron chi connectivity index (χ4n) is 4.31. The van der Waals surface area contributed by atoms with Gasteiger partial charge in [0.15, 0.2) is 5.65 Å². The fourth-order valence-corrected chi connectivity index (χ4v) is 4.31. The van der Waals surface area contributed by atoms with E-state index in [0.717, 1.165) is 38.3 Å². The quantitative estimate of drug-likeness (QED) is 0.276. The van der Waals surface area contributed by atoms with E-state index in [1.807, 2.05) is 11.9 Å². The number of alkyl halides is 3. The largest absolute Gasteiger partial charge is 0.416 e. The number of carbonyl (C=O) groups excluding carboxylic acids is 1. The van der Waals surface area contributed by atoms with Gasteiger partial charge < -0.3 is 16.0 Å². The van der Waals surface area contributed by atoms with Gasteiger partial charge in [-0.3, -0.25) is 9.69 Å². The zero-order chi connectivity index (χ0) is 28.7. The van der Waals surface area contributed by atoms with Crippen LogP contribution in [-0.2, 0) is 17.5 Å². The van der Waals surface area contributed by atoms with Crippen molar-refractivity contribution in [3.63, 3.8) is 0 Å². The maximum atomic E-state index is 14.0. The van der Waals surface area contributed by atoms with Crippen LogP contribution in [-0.4, -0.2) is 63.5 Å². The molecule has 208 valence electrons. The lowest BCUT2D eigenvalue weighted by Gasteiger charge is -2.23. The maximum absolute atomic E-state index is 14.0. The molecule has 11 heteroatoms. The van der Waals surface area contributed by atoms with Crippen molar-refractivity contribution < 1.29 is 18.0 Å². The third-order valence-electron chi connectivity index (χ3n) is 6.46. The number of hydrogen-bond donors (Lipinski definition) is 2. The number of imidazole rings is 1. The van der Waals surface area contributed by atoms with Crippen LogP contribution in [0.3, 0.4) is 0 Å². The van der Waals surface area contributed by atoms with E-state index in [9.17, 15) is 18.0 Å². The number of amides is 1. The minimum Gasteiger partial charge on any atom is -0.404 e. The van der Waals surface area contributed by atoms with E-state index in [0.29, 0.717) is 23.5 Å². The van der Waals surface area contributed by atoms with E-state index in [1.54, 1.807) is 29.0 Å². The number of halogens is 3. The Labute approximate surface area is 230 Å². The van der Waals surface area contributed by atoms with Crippen LogP contribution in [0.15, 0.2) is 78.8 Å². The van der Waals surface area contributed by atoms with Crippen LogP contribution in [0, 0.1) is 11.8 Å². The molecule has 0 unspecified atom stereocenters. The number of carbonyl (C=O) groups is 1. The molecule has 1 aliphatic rings. The second kappa shape index (κ2) is 12.6. The molecule has 0 aliphatic carbocycles. The molecule has 0 saturated carbocycles. The summed E-state index contributed by atoms with van der Waals surface area (Å²) in [5.74, 6) is 5.13. The van der Waals surface area contributed by atoms with Crippen molar-refractivity contribution in [3.8, 4) is 11.8 Å². The van der Waals surface area contributed by atoms with Crippen molar-refractivity contribution in [1.82, 2.24) is 24.4 Å². The molecule has 1 amide bonds. The average molecular weight is 550 g/mol. The molecular formula is C29H30F3N7O. The maximum Gasteiger partial charge on any atom is 0.416 e. The molecule has 0 radical (unpaired) electrons. The van der Waals surface area contributed by atoms with Gasteiger partial charge in [-0.2, -0.15) is 18.3 Å². The highest BCUT2D eigenvalue weighted by atomic mass is 19.4. The number of nitrogens with two attached hydrogens (primary N) is 1. The lowest BCUT2D eigenvalue weighted by atomic mass is 10.0. The van der Waals surface area contributed by atoms with Crippen molar-refractivity contribution in [2.24, 2.45) is 5.73 Å². The Morgan fingerprint density at radius 3 is 2.80 bits per heavy atom. The van der Waals surface area contributed by atoms with E-state index in [2.05, 4.69) is 38.7 Å². The summed E-state index contributed by atoms with van der Waals surface area (Å²) >= 11 is 0. The first kappa shape index (κ1) is 28.6. The molecule has 3 N–H and O–H groups in total. The first-order valence-electron chi connectivity index (χ1n) is 12.7. The number of rotatable bonds is 6. The molecule has 0 atom stereocenters. The zero-order valence-electron chi connectivity index (χ0n) is 22.1. The Hall–Kier alpha value is -4.40. The summed E-state index contributed by atoms with van der Waals surface area (Å²) in [6.45, 7) is 7.01. The van der Waals surface area contributed by atoms with Crippen LogP contribution in [0.25, 0.3) is 5.65 Å². The normalized spacial score (nSPS) is 15.8. The molecule has 1 saturated heterocycles. The standard InChI is InChI=1S/C29H30F3N7O/c1-3-21(7-10-25-19-34-27-6-4-11-35-39(25)27)16-23(18-33)28(40)36-24-9-8-22(26(17-24)29(30,31)32)20-38-13-5-12-37(2)14-15-38/h3-4,6,8-9,11,16-19H,1,5,12-15,20,33H2,2H3,(H,36,40)/b21-16+,23-18+. The number of nitrogens with zero attached hydrogens (tertiary/aromatic N) is 5. The van der Waals surface area contributed by atoms with Gasteiger partial charge in [-0.1, -0.05) is 24.6 Å². The van der Waals surface area contributed by atoms with Crippen LogP contribution >= 0.6 is 0 Å². The Bertz CT molecular complexity index is 1510. The van der Waals surface area contributed by atoms with Crippen molar-refractivity contribution in [1.29, 1.82) is 0 Å². The average Bonchev–Trinajstić information content (AvgIpc) is 3.23. The molecule has 4 rings (SSSR count). The predicted molar refractivity (Wildman–Crippen MR) is 148 cm³/mol. The van der Waals surface area contributed by atoms with Gasteiger partial charge in [0.25, 0.3) is 5.91 Å². The minimum atomic E-state index is -4.58. The number of fused-ring (bicyclic) bond motifs is 1. The van der Waals surface area contributed by atoms with E-state index < -0.39 is 17.6 Å². The van der Waals surface area contributed by atoms with Crippen LogP contribution in [0.4, 0.5) is 18.9 Å². The van der Waals surface area contributed by atoms with Gasteiger partial charge in [0.1, 0.15) is 5.69 Å². The Kier molecular flexibility index (Phi) is 9.04. The van der Waals surface area contributed by atoms with Crippen molar-refractivity contribution in [2.75, 3.05) is 38.5 Å². The number of aromatic nitrogens is 3. The Morgan fingerprint density at radius 2 is 2.05 bits per heavy atom. The highest BCUT2D eigenvalue weighted by molar-refractivity contribution is 6.06. The number of nitrogens with one attached hydrogen (secondary N) is 1. The monoisotopic (exact) mass is 549 g/mol. The van der Waals surface area contributed by atoms with E-state index in [4.69, 9.17) is 5.73 Å². The lowest BCUT2D eigenvalue weighted by Crippen LogP contribution is -2.29. The van der Waals surface area contributed by atoms with Crippen LogP contribution < -0.4 is 11.1 Å². The van der Waals surface area contributed by atoms with E-state index in [-0.39, 0.29) is 23.4 Å². The second-order valence-electron chi connectivity index (χ2n) is 9.37. The van der Waals surface area contributed by atoms with Crippen molar-refractivity contribution in [3.05, 3.63) is 95.6 Å². The van der Waals surface area contributed by atoms with E-state index >= 15 is 0 Å². The number of hydrogen-bond acceptors (Lipinski definition) is 6. The Morgan fingerprint density at radius 1 is 1.23 bits per heavy atom. The van der Waals surface area contributed by atoms with Gasteiger partial charge in [0.05, 0.1) is 17.3 Å². The molecule has 3 aromatic rings. The van der Waals surface area contributed by atoms with Gasteiger partial charge in [-0.15, -0.1) is 0 Å². The van der Waals surface area contributed by atoms with Crippen LogP contribution in [0.5, 0.6) is 0 Å². The van der Waals surface area contributed by atoms with Crippen molar-refractivity contribution >= 4 is 17.2 Å². The summed E-state index contributed by atoms with van der Waals surface area (Å²) in [5.41, 5.74) is 6.60. The van der Waals surface area contributed by atoms with Crippen LogP contribution in [0.2, 0.25) is 0 Å². The highest BCUT2D eigenvalue weighted by Crippen LogP contribution is 2.34. The molecular weight excluding hydrogens is 519 g/mol. The smallest absolute Gasteiger partial charge is 0.404 e. The summed E-state index contributed by atoms with van der Waals surface area (Å²) in [6.07, 6.45) is 3.39. The number of anilines is 1. The number of benzene rings is 1. The van der Waals surface area contributed by atoms with Gasteiger partial charge in [0, 0.05) is 43.3 Å². The van der Waals surface area contributed by atoms with Crippen molar-refractivity contribution in [2.45, 2.75) is 19.1 Å². The summed E-state index contributed by atoms with van der Waals surface area (Å²) in [4.78, 5) is 21.3. The molecule has 2 aromatic heterocycles. The molecule has 40 heavy (non-hydrogen) atoms. The van der Waals surface area contributed by atoms with E-state index in [1.165, 1.54) is 24.3 Å². The number of likely N-dealkylation sites (N-methyl/N-ethyl adjacent to an activating group) is 1. The third kappa shape index (κ3) is 7.16. The molecule has 1 fully saturated rings. The SMILES string of the molecule is C=C/C(C#Cc1cnc2cccnn12)=C\C(=C/N)C(=O)Nc1ccc(CN2CCCN(C)CC2)c(C(F)(F)F)c1. The third-order valence-corrected chi connectivity index (χ3v) is 6.46. The molecule has 8 nitrogen and oxygen atoms in total. The van der Waals surface area contributed by atoms with Gasteiger partial charge in [-0.05, 0) is 68.4 Å². The highest BCUT2D eigenvalue weighted by Gasteiger charge is 2.34. The topological polar surface area (TPSA) is 91.8 Å². The molecule has 0 bridgehead atoms. The first-order chi connectivity index (χ1) is 19.2. The fraction of sp³-hybridized carbons (Fsp3) is 0.276. The van der Waals surface area contributed by atoms with Gasteiger partial charge >= 0.3 is 6.18 Å². The molecule has 3 heterocycles.